The minimum absolute atomic E-state index is 0.259. The second-order valence-corrected chi connectivity index (χ2v) is 3.92. The molecule has 0 fully saturated rings. The average Bonchev–Trinajstić information content (AvgIpc) is 2.61. The summed E-state index contributed by atoms with van der Waals surface area (Å²) in [5.41, 5.74) is 1.12. The van der Waals surface area contributed by atoms with Gasteiger partial charge in [0.2, 0.25) is 0 Å². The van der Waals surface area contributed by atoms with Gasteiger partial charge in [-0.25, -0.2) is 0 Å². The van der Waals surface area contributed by atoms with E-state index in [-0.39, 0.29) is 6.04 Å². The third-order valence-electron chi connectivity index (χ3n) is 2.43. The van der Waals surface area contributed by atoms with Crippen LogP contribution in [0, 0.1) is 0 Å². The van der Waals surface area contributed by atoms with Crippen LogP contribution in [0.1, 0.15) is 45.5 Å². The van der Waals surface area contributed by atoms with Crippen LogP contribution in [0.4, 0.5) is 0 Å². The molecule has 0 aliphatic rings. The van der Waals surface area contributed by atoms with E-state index in [4.69, 9.17) is 4.74 Å². The molecule has 4 heteroatoms. The Bertz CT molecular complexity index is 307. The molecular weight excluding hydrogens is 190 g/mol. The summed E-state index contributed by atoms with van der Waals surface area (Å²) < 4.78 is 7.33. The van der Waals surface area contributed by atoms with Crippen molar-refractivity contribution in [3.05, 3.63) is 11.9 Å². The third kappa shape index (κ3) is 2.50. The number of hydrogen-bond acceptors (Lipinski definition) is 3. The molecule has 0 spiro atoms. The lowest BCUT2D eigenvalue weighted by atomic mass is 10.2. The Morgan fingerprint density at radius 1 is 1.47 bits per heavy atom. The fraction of sp³-hybridized carbons (Fsp3) is 0.727. The van der Waals surface area contributed by atoms with Crippen molar-refractivity contribution < 1.29 is 4.74 Å². The molecule has 4 nitrogen and oxygen atoms in total. The Hall–Kier alpha value is -1.03. The summed E-state index contributed by atoms with van der Waals surface area (Å²) in [5, 5.41) is 7.72. The Labute approximate surface area is 91.6 Å². The molecule has 0 aliphatic carbocycles. The highest BCUT2D eigenvalue weighted by Gasteiger charge is 2.18. The predicted molar refractivity (Wildman–Crippen MR) is 61.3 cm³/mol. The zero-order valence-corrected chi connectivity index (χ0v) is 10.2. The second-order valence-electron chi connectivity index (χ2n) is 3.92. The van der Waals surface area contributed by atoms with Gasteiger partial charge in [0.05, 0.1) is 25.0 Å². The molecule has 1 aromatic heterocycles. The van der Waals surface area contributed by atoms with Crippen molar-refractivity contribution in [2.24, 2.45) is 0 Å². The molecule has 0 radical (unpaired) electrons. The standard InChI is InChI=1S/C11H21N3O/c1-6-12-9(4)11-10(15-5)7-13-14(11)8(2)3/h7-9,12H,6H2,1-5H3. The normalized spacial score (nSPS) is 13.2. The first-order valence-electron chi connectivity index (χ1n) is 5.46. The quantitative estimate of drug-likeness (QED) is 0.811. The molecule has 0 aliphatic heterocycles. The summed E-state index contributed by atoms with van der Waals surface area (Å²) in [6, 6.07) is 0.611. The second kappa shape index (κ2) is 5.16. The molecule has 1 heterocycles. The minimum atomic E-state index is 0.259. The zero-order valence-electron chi connectivity index (χ0n) is 10.2. The number of ether oxygens (including phenoxy) is 1. The van der Waals surface area contributed by atoms with E-state index in [2.05, 4.69) is 38.1 Å². The minimum Gasteiger partial charge on any atom is -0.493 e. The van der Waals surface area contributed by atoms with Gasteiger partial charge in [0, 0.05) is 6.04 Å². The molecule has 1 aromatic rings. The fourth-order valence-corrected chi connectivity index (χ4v) is 1.74. The molecule has 1 unspecified atom stereocenters. The van der Waals surface area contributed by atoms with Gasteiger partial charge in [0.15, 0.2) is 5.75 Å². The molecule has 1 rings (SSSR count). The lowest BCUT2D eigenvalue weighted by molar-refractivity contribution is 0.390. The predicted octanol–water partition coefficient (Wildman–Crippen LogP) is 2.14. The van der Waals surface area contributed by atoms with Gasteiger partial charge in [-0.05, 0) is 27.3 Å². The highest BCUT2D eigenvalue weighted by Crippen LogP contribution is 2.26. The zero-order chi connectivity index (χ0) is 11.4. The molecular formula is C11H21N3O. The van der Waals surface area contributed by atoms with E-state index >= 15 is 0 Å². The number of aromatic nitrogens is 2. The van der Waals surface area contributed by atoms with Crippen molar-refractivity contribution in [2.75, 3.05) is 13.7 Å². The van der Waals surface area contributed by atoms with Gasteiger partial charge in [-0.3, -0.25) is 4.68 Å². The van der Waals surface area contributed by atoms with Crippen LogP contribution >= 0.6 is 0 Å². The van der Waals surface area contributed by atoms with E-state index in [0.717, 1.165) is 18.0 Å². The summed E-state index contributed by atoms with van der Waals surface area (Å²) in [4.78, 5) is 0. The largest absolute Gasteiger partial charge is 0.493 e. The molecule has 0 bridgehead atoms. The van der Waals surface area contributed by atoms with Gasteiger partial charge >= 0.3 is 0 Å². The number of nitrogens with zero attached hydrogens (tertiary/aromatic N) is 2. The van der Waals surface area contributed by atoms with Gasteiger partial charge < -0.3 is 10.1 Å². The first kappa shape index (κ1) is 12.0. The maximum Gasteiger partial charge on any atom is 0.161 e. The summed E-state index contributed by atoms with van der Waals surface area (Å²) in [7, 11) is 1.68. The third-order valence-corrected chi connectivity index (χ3v) is 2.43. The van der Waals surface area contributed by atoms with Crippen molar-refractivity contribution in [1.82, 2.24) is 15.1 Å². The Morgan fingerprint density at radius 2 is 2.13 bits per heavy atom. The Kier molecular flexibility index (Phi) is 4.15. The van der Waals surface area contributed by atoms with E-state index in [1.165, 1.54) is 0 Å². The summed E-state index contributed by atoms with van der Waals surface area (Å²) >= 11 is 0. The fourth-order valence-electron chi connectivity index (χ4n) is 1.74. The molecule has 0 amide bonds. The topological polar surface area (TPSA) is 39.1 Å². The first-order chi connectivity index (χ1) is 7.11. The molecule has 86 valence electrons. The Balaban J connectivity index is 3.04. The lowest BCUT2D eigenvalue weighted by Gasteiger charge is -2.18. The van der Waals surface area contributed by atoms with Gasteiger partial charge in [0.25, 0.3) is 0 Å². The van der Waals surface area contributed by atoms with Crippen molar-refractivity contribution in [2.45, 2.75) is 39.8 Å². The first-order valence-corrected chi connectivity index (χ1v) is 5.46. The average molecular weight is 211 g/mol. The highest BCUT2D eigenvalue weighted by molar-refractivity contribution is 5.28. The van der Waals surface area contributed by atoms with Crippen LogP contribution in [0.25, 0.3) is 0 Å². The molecule has 1 N–H and O–H groups in total. The maximum absolute atomic E-state index is 5.32. The number of nitrogens with one attached hydrogen (secondary N) is 1. The molecule has 15 heavy (non-hydrogen) atoms. The SMILES string of the molecule is CCNC(C)c1c(OC)cnn1C(C)C. The number of hydrogen-bond donors (Lipinski definition) is 1. The van der Waals surface area contributed by atoms with E-state index in [9.17, 15) is 0 Å². The van der Waals surface area contributed by atoms with Gasteiger partial charge in [0.1, 0.15) is 0 Å². The van der Waals surface area contributed by atoms with Gasteiger partial charge in [-0.2, -0.15) is 5.10 Å². The summed E-state index contributed by atoms with van der Waals surface area (Å²) in [6.07, 6.45) is 1.78. The van der Waals surface area contributed by atoms with Crippen molar-refractivity contribution in [3.63, 3.8) is 0 Å². The van der Waals surface area contributed by atoms with Crippen LogP contribution in [0.3, 0.4) is 0 Å². The van der Waals surface area contributed by atoms with Crippen molar-refractivity contribution >= 4 is 0 Å². The van der Waals surface area contributed by atoms with E-state index in [1.807, 2.05) is 4.68 Å². The smallest absolute Gasteiger partial charge is 0.161 e. The number of rotatable bonds is 5. The van der Waals surface area contributed by atoms with Crippen LogP contribution in [-0.2, 0) is 0 Å². The van der Waals surface area contributed by atoms with Crippen LogP contribution in [0.15, 0.2) is 6.20 Å². The maximum atomic E-state index is 5.32. The van der Waals surface area contributed by atoms with Crippen LogP contribution in [0.2, 0.25) is 0 Å². The van der Waals surface area contributed by atoms with Gasteiger partial charge in [-0.1, -0.05) is 6.92 Å². The highest BCUT2D eigenvalue weighted by atomic mass is 16.5. The van der Waals surface area contributed by atoms with Crippen molar-refractivity contribution in [3.8, 4) is 5.75 Å². The molecule has 0 saturated heterocycles. The molecule has 0 saturated carbocycles. The lowest BCUT2D eigenvalue weighted by Crippen LogP contribution is -2.22. The molecule has 0 aromatic carbocycles. The molecule has 1 atom stereocenters. The van der Waals surface area contributed by atoms with E-state index in [0.29, 0.717) is 6.04 Å². The number of methoxy groups -OCH3 is 1. The van der Waals surface area contributed by atoms with Crippen LogP contribution in [-0.4, -0.2) is 23.4 Å². The van der Waals surface area contributed by atoms with Gasteiger partial charge in [-0.15, -0.1) is 0 Å². The van der Waals surface area contributed by atoms with Crippen LogP contribution < -0.4 is 10.1 Å². The summed E-state index contributed by atoms with van der Waals surface area (Å²) in [5.74, 6) is 0.858. The van der Waals surface area contributed by atoms with Crippen molar-refractivity contribution in [1.29, 1.82) is 0 Å². The van der Waals surface area contributed by atoms with Crippen LogP contribution in [0.5, 0.6) is 5.75 Å². The monoisotopic (exact) mass is 211 g/mol. The van der Waals surface area contributed by atoms with E-state index in [1.54, 1.807) is 13.3 Å². The Morgan fingerprint density at radius 3 is 2.60 bits per heavy atom. The summed E-state index contributed by atoms with van der Waals surface area (Å²) in [6.45, 7) is 9.40. The van der Waals surface area contributed by atoms with E-state index < -0.39 is 0 Å².